The molecule has 0 amide bonds. The fourth-order valence-corrected chi connectivity index (χ4v) is 11.5. The molecule has 2 bridgehead atoms. The third-order valence-corrected chi connectivity index (χ3v) is 13.7. The zero-order chi connectivity index (χ0) is 37.3. The van der Waals surface area contributed by atoms with Crippen molar-refractivity contribution in [1.29, 1.82) is 0 Å². The summed E-state index contributed by atoms with van der Waals surface area (Å²) in [5, 5.41) is 29.3. The molecule has 0 radical (unpaired) electrons. The smallest absolute Gasteiger partial charge is 0.167 e. The molecule has 2 aromatic carbocycles. The molecule has 1 spiro atoms. The van der Waals surface area contributed by atoms with Gasteiger partial charge in [-0.25, -0.2) is 13.8 Å². The first-order valence-corrected chi connectivity index (χ1v) is 18.7. The van der Waals surface area contributed by atoms with Crippen LogP contribution in [0.5, 0.6) is 0 Å². The summed E-state index contributed by atoms with van der Waals surface area (Å²) in [6.07, 6.45) is 9.41. The number of aliphatic hydroxyl groups excluding tert-OH is 2. The Bertz CT molecular complexity index is 2270. The van der Waals surface area contributed by atoms with E-state index in [-0.39, 0.29) is 31.2 Å². The molecule has 276 valence electrons. The van der Waals surface area contributed by atoms with E-state index in [2.05, 4.69) is 39.9 Å². The largest absolute Gasteiger partial charge is 0.385 e. The number of aryl methyl sites for hydroxylation is 2. The summed E-state index contributed by atoms with van der Waals surface area (Å²) in [6.45, 7) is 4.50. The first-order valence-electron chi connectivity index (χ1n) is 19.4. The predicted octanol–water partition coefficient (Wildman–Crippen LogP) is 6.71. The van der Waals surface area contributed by atoms with Crippen molar-refractivity contribution in [1.82, 2.24) is 19.6 Å². The molecule has 53 heavy (non-hydrogen) atoms. The van der Waals surface area contributed by atoms with Crippen LogP contribution in [0.25, 0.3) is 22.2 Å². The van der Waals surface area contributed by atoms with E-state index in [9.17, 15) is 14.6 Å². The van der Waals surface area contributed by atoms with E-state index in [1.54, 1.807) is 6.08 Å². The molecule has 1 unspecified atom stereocenters. The van der Waals surface area contributed by atoms with Gasteiger partial charge in [0.05, 0.1) is 24.2 Å². The van der Waals surface area contributed by atoms with E-state index in [0.29, 0.717) is 42.1 Å². The van der Waals surface area contributed by atoms with Crippen molar-refractivity contribution in [2.24, 2.45) is 11.3 Å². The predicted molar refractivity (Wildman–Crippen MR) is 193 cm³/mol. The molecule has 6 aliphatic rings. The van der Waals surface area contributed by atoms with Gasteiger partial charge in [-0.2, -0.15) is 0 Å². The Morgan fingerprint density at radius 3 is 2.58 bits per heavy atom. The molecule has 2 N–H and O–H groups in total. The lowest BCUT2D eigenvalue weighted by Gasteiger charge is -2.61. The van der Waals surface area contributed by atoms with Crippen LogP contribution in [-0.4, -0.2) is 74.9 Å². The van der Waals surface area contributed by atoms with Gasteiger partial charge in [0, 0.05) is 36.1 Å². The van der Waals surface area contributed by atoms with Crippen LogP contribution in [-0.2, 0) is 20.7 Å². The Labute approximate surface area is 308 Å². The lowest BCUT2D eigenvalue weighted by atomic mass is 9.46. The van der Waals surface area contributed by atoms with Gasteiger partial charge >= 0.3 is 0 Å². The molecular weight excluding hydrogens is 678 g/mol. The van der Waals surface area contributed by atoms with Crippen LogP contribution in [0, 0.1) is 36.8 Å². The lowest BCUT2D eigenvalue weighted by Crippen LogP contribution is -2.66. The van der Waals surface area contributed by atoms with Crippen LogP contribution in [0.15, 0.2) is 76.4 Å². The Morgan fingerprint density at radius 1 is 1.00 bits per heavy atom. The van der Waals surface area contributed by atoms with E-state index < -0.39 is 40.5 Å². The van der Waals surface area contributed by atoms with Crippen LogP contribution < -0.4 is 0 Å². The fourth-order valence-electron chi connectivity index (χ4n) is 11.5. The minimum Gasteiger partial charge on any atom is -0.385 e. The number of imidazole rings is 1. The summed E-state index contributed by atoms with van der Waals surface area (Å²) in [4.78, 5) is 7.89. The average Bonchev–Trinajstić information content (AvgIpc) is 3.81. The van der Waals surface area contributed by atoms with Crippen LogP contribution in [0.2, 0.25) is 0 Å². The second kappa shape index (κ2) is 11.5. The molecule has 9 nitrogen and oxygen atoms in total. The minimum atomic E-state index is -1.63. The maximum atomic E-state index is 15.4. The van der Waals surface area contributed by atoms with Gasteiger partial charge in [-0.05, 0) is 113 Å². The number of hydrogen-bond acceptors (Lipinski definition) is 8. The standard InChI is InChI=1S/C42H44F2N4O5/c1-22-37(23(2)52-46-22)24-5-14-33-32(19-24)45-39(48(33)27-8-10-28(51-4)11-9-27)42-36(50)16-12-29-34-20-25-6-15-35(49)41(53-42,26-7-13-30(43)31(44)21-26)38(25)40(29,42)17-18-47(34)3/h5-7,12-16,19,21,27-29,34-36,49-50H,8-11,17-18,20H2,1-4H3/t27-,28-,29-,34+,35-,36-,40-,41?,42+/m0/s1/i4D. The highest BCUT2D eigenvalue weighted by Crippen LogP contribution is 2.76. The molecular formula is C42H44F2N4O5. The van der Waals surface area contributed by atoms with Crippen LogP contribution in [0.3, 0.4) is 0 Å². The third-order valence-electron chi connectivity index (χ3n) is 13.7. The van der Waals surface area contributed by atoms with Gasteiger partial charge in [-0.15, -0.1) is 0 Å². The third kappa shape index (κ3) is 4.17. The van der Waals surface area contributed by atoms with Crippen molar-refractivity contribution in [3.63, 3.8) is 0 Å². The number of piperidine rings is 1. The summed E-state index contributed by atoms with van der Waals surface area (Å²) >= 11 is 0. The maximum absolute atomic E-state index is 15.4. The summed E-state index contributed by atoms with van der Waals surface area (Å²) < 4.78 is 58.9. The van der Waals surface area contributed by atoms with Gasteiger partial charge in [-0.1, -0.05) is 41.6 Å². The molecule has 3 fully saturated rings. The lowest BCUT2D eigenvalue weighted by molar-refractivity contribution is -0.227. The van der Waals surface area contributed by atoms with Crippen molar-refractivity contribution in [3.05, 3.63) is 106 Å². The van der Waals surface area contributed by atoms with E-state index >= 15 is 4.39 Å². The summed E-state index contributed by atoms with van der Waals surface area (Å²) in [7, 11) is 2.04. The van der Waals surface area contributed by atoms with Gasteiger partial charge in [-0.3, -0.25) is 0 Å². The Balaban J connectivity index is 1.28. The van der Waals surface area contributed by atoms with Gasteiger partial charge < -0.3 is 33.7 Å². The molecule has 11 heteroatoms. The molecule has 10 rings (SSSR count). The zero-order valence-corrected chi connectivity index (χ0v) is 30.1. The van der Waals surface area contributed by atoms with Crippen molar-refractivity contribution in [2.45, 2.75) is 94.0 Å². The van der Waals surface area contributed by atoms with E-state index in [4.69, 9.17) is 20.4 Å². The number of aliphatic hydroxyl groups is 2. The van der Waals surface area contributed by atoms with Crippen molar-refractivity contribution < 1.29 is 34.4 Å². The normalized spacial score (nSPS) is 36.3. The van der Waals surface area contributed by atoms with E-state index in [0.717, 1.165) is 71.3 Å². The number of benzene rings is 2. The quantitative estimate of drug-likeness (QED) is 0.219. The topological polar surface area (TPSA) is 106 Å². The number of halogens is 2. The molecule has 2 aliphatic heterocycles. The number of methoxy groups -OCH3 is 1. The number of aromatic nitrogens is 3. The number of rotatable bonds is 5. The number of likely N-dealkylation sites (tertiary alicyclic amines) is 1. The highest BCUT2D eigenvalue weighted by atomic mass is 19.2. The number of hydrogen-bond donors (Lipinski definition) is 2. The summed E-state index contributed by atoms with van der Waals surface area (Å²) in [5.41, 5.74) is 2.20. The fraction of sp³-hybridized carbons (Fsp3) is 0.476. The Hall–Kier alpha value is -4.00. The SMILES string of the molecule is [2H]CO[C@H]1CC[C@H](n2c([C@]34OC5(c6ccc(F)c(F)c6)C6=C(C=C[C@@H]5O)C[C@@H]5[C@H](C=C[C@@H]3O)[C@@]64CCN5C)nc3cc(-c4c(C)noc4C)ccc32)CC1. The highest BCUT2D eigenvalue weighted by Gasteiger charge is 2.80. The molecule has 4 heterocycles. The molecule has 4 aliphatic carbocycles. The highest BCUT2D eigenvalue weighted by molar-refractivity contribution is 5.84. The van der Waals surface area contributed by atoms with Crippen molar-refractivity contribution >= 4 is 11.0 Å². The average molecular weight is 724 g/mol. The Kier molecular flexibility index (Phi) is 7.04. The first kappa shape index (κ1) is 32.4. The maximum Gasteiger partial charge on any atom is 0.167 e. The van der Waals surface area contributed by atoms with E-state index in [1.807, 2.05) is 32.1 Å². The molecule has 2 aromatic heterocycles. The van der Waals surface area contributed by atoms with E-state index in [1.165, 1.54) is 6.07 Å². The first-order chi connectivity index (χ1) is 26.0. The number of fused-ring (bicyclic) bond motifs is 1. The second-order valence-corrected chi connectivity index (χ2v) is 16.0. The minimum absolute atomic E-state index is 0.0170. The van der Waals surface area contributed by atoms with Crippen molar-refractivity contribution in [3.8, 4) is 11.1 Å². The van der Waals surface area contributed by atoms with Gasteiger partial charge in [0.25, 0.3) is 0 Å². The molecule has 4 aromatic rings. The summed E-state index contributed by atoms with van der Waals surface area (Å²) in [6, 6.07) is 9.93. The molecule has 7 atom stereocenters. The van der Waals surface area contributed by atoms with Gasteiger partial charge in [0.1, 0.15) is 29.4 Å². The monoisotopic (exact) mass is 723 g/mol. The summed E-state index contributed by atoms with van der Waals surface area (Å²) in [5.74, 6) is -0.910. The van der Waals surface area contributed by atoms with Crippen LogP contribution >= 0.6 is 0 Å². The number of nitrogens with zero attached hydrogens (tertiary/aromatic N) is 4. The van der Waals surface area contributed by atoms with Gasteiger partial charge in [0.15, 0.2) is 17.2 Å². The number of ether oxygens (including phenoxy) is 2. The van der Waals surface area contributed by atoms with Crippen LogP contribution in [0.4, 0.5) is 8.78 Å². The Morgan fingerprint density at radius 2 is 1.83 bits per heavy atom. The number of allylic oxidation sites excluding steroid dienone is 1. The molecule has 2 saturated heterocycles. The van der Waals surface area contributed by atoms with Crippen molar-refractivity contribution in [2.75, 3.05) is 20.7 Å². The molecule has 1 saturated carbocycles. The second-order valence-electron chi connectivity index (χ2n) is 16.0. The zero-order valence-electron chi connectivity index (χ0n) is 31.1. The van der Waals surface area contributed by atoms with Crippen LogP contribution in [0.1, 0.15) is 68.8 Å². The van der Waals surface area contributed by atoms with Gasteiger partial charge in [0.2, 0.25) is 0 Å².